The van der Waals surface area contributed by atoms with Crippen LogP contribution in [-0.4, -0.2) is 84.5 Å². The quantitative estimate of drug-likeness (QED) is 0.198. The Kier molecular flexibility index (Phi) is 9.59. The van der Waals surface area contributed by atoms with Crippen molar-refractivity contribution in [1.82, 2.24) is 20.3 Å². The third-order valence-electron chi connectivity index (χ3n) is 10.8. The van der Waals surface area contributed by atoms with Crippen LogP contribution < -0.4 is 19.9 Å². The van der Waals surface area contributed by atoms with Gasteiger partial charge in [0.25, 0.3) is 5.91 Å². The number of piperazine rings is 1. The van der Waals surface area contributed by atoms with Crippen molar-refractivity contribution in [3.8, 4) is 5.75 Å². The highest BCUT2D eigenvalue weighted by molar-refractivity contribution is 6.71. The minimum Gasteiger partial charge on any atom is -0.497 e. The van der Waals surface area contributed by atoms with Crippen LogP contribution in [0.15, 0.2) is 79.0 Å². The van der Waals surface area contributed by atoms with Gasteiger partial charge >= 0.3 is 0 Å². The molecule has 3 aliphatic rings. The molecule has 2 fully saturated rings. The van der Waals surface area contributed by atoms with Gasteiger partial charge < -0.3 is 34.5 Å². The number of ether oxygens (including phenoxy) is 2. The van der Waals surface area contributed by atoms with Crippen LogP contribution in [0.1, 0.15) is 41.6 Å². The second kappa shape index (κ2) is 14.0. The van der Waals surface area contributed by atoms with Gasteiger partial charge in [-0.15, -0.1) is 5.10 Å². The van der Waals surface area contributed by atoms with Gasteiger partial charge in [-0.05, 0) is 61.0 Å². The molecule has 3 aliphatic heterocycles. The van der Waals surface area contributed by atoms with E-state index in [1.165, 1.54) is 0 Å². The molecule has 268 valence electrons. The summed E-state index contributed by atoms with van der Waals surface area (Å²) >= 11 is 0. The summed E-state index contributed by atoms with van der Waals surface area (Å²) in [7, 11) is -1.29. The number of aromatic nitrogens is 3. The first-order valence-corrected chi connectivity index (χ1v) is 20.6. The maximum Gasteiger partial charge on any atom is 0.264 e. The first-order chi connectivity index (χ1) is 24.5. The lowest BCUT2D eigenvalue weighted by Crippen LogP contribution is -2.48. The molecule has 1 unspecified atom stereocenters. The summed E-state index contributed by atoms with van der Waals surface area (Å²) in [6, 6.07) is 23.2. The van der Waals surface area contributed by atoms with E-state index in [4.69, 9.17) is 9.47 Å². The van der Waals surface area contributed by atoms with Crippen molar-refractivity contribution in [2.24, 2.45) is 5.92 Å². The van der Waals surface area contributed by atoms with E-state index >= 15 is 0 Å². The Hall–Kier alpha value is -4.40. The van der Waals surface area contributed by atoms with Gasteiger partial charge in [-0.1, -0.05) is 54.6 Å². The van der Waals surface area contributed by atoms with E-state index in [2.05, 4.69) is 15.6 Å². The Bertz CT molecular complexity index is 1900. The smallest absolute Gasteiger partial charge is 0.264 e. The molecule has 1 spiro atoms. The number of aliphatic hydroxyl groups is 1. The first kappa shape index (κ1) is 35.0. The molecule has 1 aromatic heterocycles. The third kappa shape index (κ3) is 6.37. The fourth-order valence-electron chi connectivity index (χ4n) is 8.39. The molecule has 3 aromatic carbocycles. The van der Waals surface area contributed by atoms with Crippen LogP contribution in [0.2, 0.25) is 18.6 Å². The molecule has 4 heterocycles. The van der Waals surface area contributed by atoms with E-state index in [0.717, 1.165) is 34.6 Å². The number of fused-ring (bicyclic) bond motifs is 2. The fraction of sp³-hybridized carbons (Fsp3) is 0.421. The topological polar surface area (TPSA) is 142 Å². The van der Waals surface area contributed by atoms with E-state index in [1.54, 1.807) is 21.6 Å². The third-order valence-corrected chi connectivity index (χ3v) is 13.3. The maximum absolute atomic E-state index is 14.9. The molecule has 3 N–H and O–H groups in total. The lowest BCUT2D eigenvalue weighted by atomic mass is 9.82. The number of hydrogen-bond donors (Lipinski definition) is 3. The van der Waals surface area contributed by atoms with Gasteiger partial charge in [0, 0.05) is 48.5 Å². The molecular weight excluding hydrogens is 665 g/mol. The van der Waals surface area contributed by atoms with E-state index in [0.29, 0.717) is 37.5 Å². The Morgan fingerprint density at radius 3 is 2.63 bits per heavy atom. The average Bonchev–Trinajstić information content (AvgIpc) is 3.78. The van der Waals surface area contributed by atoms with Crippen LogP contribution in [0.25, 0.3) is 0 Å². The monoisotopic (exact) mass is 710 g/mol. The van der Waals surface area contributed by atoms with Gasteiger partial charge in [-0.2, -0.15) is 0 Å². The summed E-state index contributed by atoms with van der Waals surface area (Å²) < 4.78 is 14.4. The molecule has 7 rings (SSSR count). The number of nitrogens with one attached hydrogen (secondary N) is 1. The number of aliphatic hydroxyl groups excluding tert-OH is 1. The van der Waals surface area contributed by atoms with Crippen molar-refractivity contribution >= 4 is 31.5 Å². The lowest BCUT2D eigenvalue weighted by Gasteiger charge is -2.32. The Morgan fingerprint density at radius 1 is 1.10 bits per heavy atom. The number of methoxy groups -OCH3 is 1. The summed E-state index contributed by atoms with van der Waals surface area (Å²) in [5, 5.41) is 22.0. The number of anilines is 2. The summed E-state index contributed by atoms with van der Waals surface area (Å²) in [4.78, 5) is 42.9. The number of amides is 2. The summed E-state index contributed by atoms with van der Waals surface area (Å²) in [5.74, 6) is -0.186. The van der Waals surface area contributed by atoms with Gasteiger partial charge in [-0.25, -0.2) is 0 Å². The van der Waals surface area contributed by atoms with E-state index < -0.39 is 20.0 Å². The van der Waals surface area contributed by atoms with Crippen LogP contribution >= 0.6 is 0 Å². The van der Waals surface area contributed by atoms with Crippen molar-refractivity contribution in [2.75, 3.05) is 43.2 Å². The average molecular weight is 711 g/mol. The van der Waals surface area contributed by atoms with E-state index in [-0.39, 0.29) is 42.3 Å². The molecule has 12 nitrogen and oxygen atoms in total. The molecule has 2 amide bonds. The standard InChI is InChI=1S/C38H46N6O6Si/c1-25-36(51(3,4)48)34(15-17-42-23-32(40-41-42)30(24-45)27-10-6-5-7-11-27)50-38(25)31-20-29(49-2)13-14-33(31)44(37(38)47)22-26-9-8-12-28(19-26)43-18-16-39-21-35(43)46/h5-14,19-20,23,25,30,34,36,39,45,48H,15-18,21-22,24H2,1-4H3/t25-,30?,34+,36-,38+/m1/s1. The molecule has 2 saturated heterocycles. The number of carbonyl (C=O) groups excluding carboxylic acids is 2. The van der Waals surface area contributed by atoms with Crippen molar-refractivity contribution in [2.45, 2.75) is 62.7 Å². The summed E-state index contributed by atoms with van der Waals surface area (Å²) in [5.41, 5.74) is 3.20. The zero-order valence-electron chi connectivity index (χ0n) is 29.5. The number of rotatable bonds is 11. The predicted octanol–water partition coefficient (Wildman–Crippen LogP) is 3.78. The van der Waals surface area contributed by atoms with Crippen molar-refractivity contribution in [3.63, 3.8) is 0 Å². The number of benzene rings is 3. The fourth-order valence-corrected chi connectivity index (χ4v) is 11.0. The molecule has 0 radical (unpaired) electrons. The van der Waals surface area contributed by atoms with Crippen LogP contribution in [0.3, 0.4) is 0 Å². The molecule has 0 bridgehead atoms. The van der Waals surface area contributed by atoms with Gasteiger partial charge in [0.1, 0.15) is 5.75 Å². The Morgan fingerprint density at radius 2 is 1.90 bits per heavy atom. The number of nitrogens with zero attached hydrogens (tertiary/aromatic N) is 5. The highest BCUT2D eigenvalue weighted by atomic mass is 28.4. The first-order valence-electron chi connectivity index (χ1n) is 17.6. The van der Waals surface area contributed by atoms with Gasteiger partial charge in [0.15, 0.2) is 13.9 Å². The van der Waals surface area contributed by atoms with Gasteiger partial charge in [-0.3, -0.25) is 14.3 Å². The normalized spacial score (nSPS) is 24.0. The molecule has 5 atom stereocenters. The van der Waals surface area contributed by atoms with Crippen molar-refractivity contribution < 1.29 is 29.0 Å². The predicted molar refractivity (Wildman–Crippen MR) is 195 cm³/mol. The maximum atomic E-state index is 14.9. The minimum atomic E-state index is -2.89. The highest BCUT2D eigenvalue weighted by Crippen LogP contribution is 2.60. The number of hydrogen-bond acceptors (Lipinski definition) is 9. The molecule has 0 aliphatic carbocycles. The van der Waals surface area contributed by atoms with Crippen LogP contribution in [0.4, 0.5) is 11.4 Å². The summed E-state index contributed by atoms with van der Waals surface area (Å²) in [6.45, 7) is 8.08. The number of aryl methyl sites for hydroxylation is 1. The summed E-state index contributed by atoms with van der Waals surface area (Å²) in [6.07, 6.45) is 1.91. The van der Waals surface area contributed by atoms with Gasteiger partial charge in [0.05, 0.1) is 50.2 Å². The second-order valence-corrected chi connectivity index (χ2v) is 18.3. The van der Waals surface area contributed by atoms with Crippen LogP contribution in [-0.2, 0) is 33.0 Å². The van der Waals surface area contributed by atoms with Crippen LogP contribution in [0.5, 0.6) is 5.75 Å². The Balaban J connectivity index is 1.18. The molecule has 4 aromatic rings. The van der Waals surface area contributed by atoms with Crippen LogP contribution in [0, 0.1) is 5.92 Å². The van der Waals surface area contributed by atoms with E-state index in [1.807, 2.05) is 99.0 Å². The lowest BCUT2D eigenvalue weighted by molar-refractivity contribution is -0.146. The zero-order valence-corrected chi connectivity index (χ0v) is 30.5. The highest BCUT2D eigenvalue weighted by Gasteiger charge is 2.66. The number of carbonyl (C=O) groups is 2. The minimum absolute atomic E-state index is 0.0135. The van der Waals surface area contributed by atoms with Crippen molar-refractivity contribution in [3.05, 3.63) is 101 Å². The molecule has 0 saturated carbocycles. The second-order valence-electron chi connectivity index (χ2n) is 14.4. The largest absolute Gasteiger partial charge is 0.497 e. The molecular formula is C38H46N6O6Si. The SMILES string of the molecule is COc1ccc2c(c1)[C@]1(O[C@@H](CCn3cc(C(CO)c4ccccc4)nn3)[C@H]([Si](C)(C)O)[C@H]1C)C(=O)N2Cc1cccc(N2CCNCC2=O)c1. The molecule has 13 heteroatoms. The Labute approximate surface area is 299 Å². The van der Waals surface area contributed by atoms with Crippen molar-refractivity contribution in [1.29, 1.82) is 0 Å². The van der Waals surface area contributed by atoms with Gasteiger partial charge in [0.2, 0.25) is 5.91 Å². The van der Waals surface area contributed by atoms with E-state index in [9.17, 15) is 19.5 Å². The molecule has 51 heavy (non-hydrogen) atoms. The zero-order chi connectivity index (χ0) is 35.9.